The number of urea groups is 1. The lowest BCUT2D eigenvalue weighted by atomic mass is 9.68. The van der Waals surface area contributed by atoms with E-state index in [1.807, 2.05) is 23.6 Å². The predicted octanol–water partition coefficient (Wildman–Crippen LogP) is 3.25. The molecule has 0 aromatic heterocycles. The Morgan fingerprint density at radius 3 is 2.29 bits per heavy atom. The largest absolute Gasteiger partial charge is 0.366 e. The number of β-lactam (4-membered cyclic amide) rings is 1. The molecule has 4 fully saturated rings. The maximum atomic E-state index is 13.1. The van der Waals surface area contributed by atoms with E-state index in [-0.39, 0.29) is 29.6 Å². The van der Waals surface area contributed by atoms with Crippen molar-refractivity contribution in [2.45, 2.75) is 89.3 Å². The summed E-state index contributed by atoms with van der Waals surface area (Å²) in [5.41, 5.74) is -0.0556. The molecule has 1 atom stereocenters. The van der Waals surface area contributed by atoms with Crippen LogP contribution in [0.15, 0.2) is 0 Å². The van der Waals surface area contributed by atoms with Gasteiger partial charge in [-0.2, -0.15) is 0 Å². The van der Waals surface area contributed by atoms with Crippen molar-refractivity contribution in [3.8, 4) is 0 Å². The number of hydrogen-bond donors (Lipinski definition) is 0. The normalized spacial score (nSPS) is 27.8. The zero-order valence-electron chi connectivity index (χ0n) is 17.7. The molecule has 2 aliphatic heterocycles. The van der Waals surface area contributed by atoms with E-state index >= 15 is 0 Å². The summed E-state index contributed by atoms with van der Waals surface area (Å²) in [7, 11) is 0. The molecule has 0 aromatic rings. The Kier molecular flexibility index (Phi) is 5.86. The lowest BCUT2D eigenvalue weighted by Crippen LogP contribution is -2.78. The van der Waals surface area contributed by atoms with Crippen molar-refractivity contribution in [1.29, 1.82) is 0 Å². The summed E-state index contributed by atoms with van der Waals surface area (Å²) in [5, 5.41) is 0. The first-order chi connectivity index (χ1) is 13.6. The maximum Gasteiger partial charge on any atom is 0.319 e. The molecule has 1 spiro atoms. The van der Waals surface area contributed by atoms with Crippen LogP contribution in [0.3, 0.4) is 0 Å². The lowest BCUT2D eigenvalue weighted by molar-refractivity contribution is -0.211. The monoisotopic (exact) mass is 391 g/mol. The van der Waals surface area contributed by atoms with Crippen LogP contribution in [0, 0.1) is 5.92 Å². The van der Waals surface area contributed by atoms with Crippen LogP contribution in [0.25, 0.3) is 0 Å². The summed E-state index contributed by atoms with van der Waals surface area (Å²) in [6.45, 7) is 7.85. The van der Waals surface area contributed by atoms with Gasteiger partial charge in [-0.1, -0.05) is 19.3 Å². The number of carbonyl (C=O) groups excluding carboxylic acids is 2. The standard InChI is InChI=1S/C22H37N3O3/c1-3-23(4-2)21(27)24-14-10-18(11-15-24)25-20(26)19(28-16-17-8-9-17)22(25)12-6-5-7-13-22/h17-19H,3-16H2,1-2H3. The molecule has 6 nitrogen and oxygen atoms in total. The van der Waals surface area contributed by atoms with Crippen LogP contribution in [0.4, 0.5) is 4.79 Å². The molecule has 6 heteroatoms. The fourth-order valence-corrected chi connectivity index (χ4v) is 5.60. The molecule has 2 saturated carbocycles. The van der Waals surface area contributed by atoms with Crippen LogP contribution in [-0.2, 0) is 9.53 Å². The summed E-state index contributed by atoms with van der Waals surface area (Å²) < 4.78 is 6.19. The minimum absolute atomic E-state index is 0.0556. The van der Waals surface area contributed by atoms with Gasteiger partial charge in [-0.25, -0.2) is 4.79 Å². The highest BCUT2D eigenvalue weighted by Gasteiger charge is 2.62. The molecule has 4 aliphatic rings. The van der Waals surface area contributed by atoms with Crippen molar-refractivity contribution in [1.82, 2.24) is 14.7 Å². The average molecular weight is 392 g/mol. The number of carbonyl (C=O) groups is 2. The molecule has 158 valence electrons. The molecule has 2 heterocycles. The number of nitrogens with zero attached hydrogens (tertiary/aromatic N) is 3. The van der Waals surface area contributed by atoms with E-state index in [4.69, 9.17) is 4.74 Å². The van der Waals surface area contributed by atoms with Crippen LogP contribution < -0.4 is 0 Å². The van der Waals surface area contributed by atoms with Crippen molar-refractivity contribution >= 4 is 11.9 Å². The molecule has 3 amide bonds. The molecule has 0 aromatic carbocycles. The van der Waals surface area contributed by atoms with Crippen LogP contribution >= 0.6 is 0 Å². The summed E-state index contributed by atoms with van der Waals surface area (Å²) in [4.78, 5) is 31.8. The van der Waals surface area contributed by atoms with Crippen molar-refractivity contribution in [3.05, 3.63) is 0 Å². The zero-order valence-corrected chi connectivity index (χ0v) is 17.7. The first-order valence-corrected chi connectivity index (χ1v) is 11.6. The van der Waals surface area contributed by atoms with Gasteiger partial charge in [0.05, 0.1) is 12.1 Å². The zero-order chi connectivity index (χ0) is 19.7. The quantitative estimate of drug-likeness (QED) is 0.653. The van der Waals surface area contributed by atoms with Crippen molar-refractivity contribution in [3.63, 3.8) is 0 Å². The topological polar surface area (TPSA) is 53.1 Å². The molecule has 0 bridgehead atoms. The molecular formula is C22H37N3O3. The molecule has 1 unspecified atom stereocenters. The van der Waals surface area contributed by atoms with Gasteiger partial charge in [-0.3, -0.25) is 4.79 Å². The second kappa shape index (κ2) is 8.21. The molecule has 28 heavy (non-hydrogen) atoms. The SMILES string of the molecule is CCN(CC)C(=O)N1CCC(N2C(=O)C(OCC3CC3)C23CCCCC3)CC1. The van der Waals surface area contributed by atoms with E-state index in [9.17, 15) is 9.59 Å². The fourth-order valence-electron chi connectivity index (χ4n) is 5.60. The second-order valence-electron chi connectivity index (χ2n) is 9.20. The Morgan fingerprint density at radius 2 is 1.71 bits per heavy atom. The minimum atomic E-state index is -0.205. The Labute approximate surface area is 169 Å². The van der Waals surface area contributed by atoms with Crippen molar-refractivity contribution < 1.29 is 14.3 Å². The maximum absolute atomic E-state index is 13.1. The van der Waals surface area contributed by atoms with Crippen LogP contribution in [-0.4, -0.2) is 77.1 Å². The Morgan fingerprint density at radius 1 is 1.07 bits per heavy atom. The summed E-state index contributed by atoms with van der Waals surface area (Å²) >= 11 is 0. The van der Waals surface area contributed by atoms with Gasteiger partial charge < -0.3 is 19.4 Å². The van der Waals surface area contributed by atoms with Gasteiger partial charge in [0.2, 0.25) is 0 Å². The van der Waals surface area contributed by atoms with Crippen molar-refractivity contribution in [2.24, 2.45) is 5.92 Å². The van der Waals surface area contributed by atoms with Gasteiger partial charge in [0, 0.05) is 32.2 Å². The van der Waals surface area contributed by atoms with E-state index in [0.29, 0.717) is 5.92 Å². The summed E-state index contributed by atoms with van der Waals surface area (Å²) in [6, 6.07) is 0.420. The number of rotatable bonds is 6. The average Bonchev–Trinajstić information content (AvgIpc) is 3.55. The third kappa shape index (κ3) is 3.53. The second-order valence-corrected chi connectivity index (χ2v) is 9.20. The van der Waals surface area contributed by atoms with E-state index in [1.165, 1.54) is 32.1 Å². The van der Waals surface area contributed by atoms with Gasteiger partial charge in [-0.15, -0.1) is 0 Å². The van der Waals surface area contributed by atoms with Crippen LogP contribution in [0.5, 0.6) is 0 Å². The third-order valence-electron chi connectivity index (χ3n) is 7.48. The number of hydrogen-bond acceptors (Lipinski definition) is 3. The molecule has 2 aliphatic carbocycles. The van der Waals surface area contributed by atoms with E-state index < -0.39 is 0 Å². The minimum Gasteiger partial charge on any atom is -0.366 e. The summed E-state index contributed by atoms with van der Waals surface area (Å²) in [6.07, 6.45) is 9.97. The van der Waals surface area contributed by atoms with E-state index in [1.54, 1.807) is 0 Å². The Hall–Kier alpha value is -1.30. The number of likely N-dealkylation sites (tertiary alicyclic amines) is 2. The van der Waals surface area contributed by atoms with Gasteiger partial charge in [0.25, 0.3) is 5.91 Å². The highest BCUT2D eigenvalue weighted by Crippen LogP contribution is 2.48. The van der Waals surface area contributed by atoms with E-state index in [2.05, 4.69) is 4.90 Å². The van der Waals surface area contributed by atoms with Gasteiger partial charge >= 0.3 is 6.03 Å². The molecule has 0 N–H and O–H groups in total. The first-order valence-electron chi connectivity index (χ1n) is 11.6. The van der Waals surface area contributed by atoms with Gasteiger partial charge in [0.15, 0.2) is 6.10 Å². The van der Waals surface area contributed by atoms with Crippen molar-refractivity contribution in [2.75, 3.05) is 32.8 Å². The van der Waals surface area contributed by atoms with Gasteiger partial charge in [-0.05, 0) is 58.3 Å². The Balaban J connectivity index is 1.39. The number of amides is 3. The smallest absolute Gasteiger partial charge is 0.319 e. The van der Waals surface area contributed by atoms with Gasteiger partial charge in [0.1, 0.15) is 0 Å². The first kappa shape index (κ1) is 20.0. The molecule has 0 radical (unpaired) electrons. The molecule has 4 rings (SSSR count). The number of ether oxygens (including phenoxy) is 1. The fraction of sp³-hybridized carbons (Fsp3) is 0.909. The molecular weight excluding hydrogens is 354 g/mol. The third-order valence-corrected chi connectivity index (χ3v) is 7.48. The number of piperidine rings is 1. The molecule has 2 saturated heterocycles. The lowest BCUT2D eigenvalue weighted by Gasteiger charge is -2.62. The highest BCUT2D eigenvalue weighted by atomic mass is 16.5. The predicted molar refractivity (Wildman–Crippen MR) is 108 cm³/mol. The Bertz CT molecular complexity index is 574. The summed E-state index contributed by atoms with van der Waals surface area (Å²) in [5.74, 6) is 0.910. The van der Waals surface area contributed by atoms with Crippen LogP contribution in [0.1, 0.15) is 71.6 Å². The van der Waals surface area contributed by atoms with Crippen LogP contribution in [0.2, 0.25) is 0 Å². The van der Waals surface area contributed by atoms with E-state index in [0.717, 1.165) is 58.5 Å². The highest BCUT2D eigenvalue weighted by molar-refractivity contribution is 5.91.